The zero-order valence-electron chi connectivity index (χ0n) is 15.1. The molecule has 3 heterocycles. The van der Waals surface area contributed by atoms with E-state index < -0.39 is 0 Å². The molecule has 0 fully saturated rings. The van der Waals surface area contributed by atoms with E-state index in [4.69, 9.17) is 16.6 Å². The minimum Gasteiger partial charge on any atom is -0.270 e. The van der Waals surface area contributed by atoms with Gasteiger partial charge in [-0.2, -0.15) is 0 Å². The monoisotopic (exact) mass is 435 g/mol. The molecule has 5 rings (SSSR count). The zero-order chi connectivity index (χ0) is 19.6. The third-order valence-corrected chi connectivity index (χ3v) is 6.73. The van der Waals surface area contributed by atoms with Crippen LogP contribution in [0.3, 0.4) is 0 Å². The summed E-state index contributed by atoms with van der Waals surface area (Å²) in [5.41, 5.74) is 2.94. The Kier molecular flexibility index (Phi) is 5.01. The van der Waals surface area contributed by atoms with Crippen LogP contribution in [0, 0.1) is 0 Å². The van der Waals surface area contributed by atoms with Gasteiger partial charge in [0.15, 0.2) is 11.0 Å². The molecule has 0 aliphatic rings. The SMILES string of the molecule is Clc1ccc(-n2c(SCc3nc4ccccc4s3)nnc2-c2ccncc2)cc1. The lowest BCUT2D eigenvalue weighted by Crippen LogP contribution is -1.99. The summed E-state index contributed by atoms with van der Waals surface area (Å²) in [7, 11) is 0. The topological polar surface area (TPSA) is 56.5 Å². The van der Waals surface area contributed by atoms with E-state index in [1.54, 1.807) is 35.5 Å². The Morgan fingerprint density at radius 2 is 1.72 bits per heavy atom. The number of nitrogens with zero attached hydrogens (tertiary/aromatic N) is 5. The van der Waals surface area contributed by atoms with Crippen molar-refractivity contribution in [2.24, 2.45) is 0 Å². The largest absolute Gasteiger partial charge is 0.270 e. The van der Waals surface area contributed by atoms with Crippen LogP contribution in [0.2, 0.25) is 5.02 Å². The highest BCUT2D eigenvalue weighted by Crippen LogP contribution is 2.32. The van der Waals surface area contributed by atoms with Gasteiger partial charge in [-0.1, -0.05) is 35.5 Å². The van der Waals surface area contributed by atoms with Crippen molar-refractivity contribution in [2.45, 2.75) is 10.9 Å². The van der Waals surface area contributed by atoms with E-state index in [9.17, 15) is 0 Å². The lowest BCUT2D eigenvalue weighted by Gasteiger charge is -2.10. The number of aromatic nitrogens is 5. The van der Waals surface area contributed by atoms with Gasteiger partial charge in [-0.3, -0.25) is 9.55 Å². The summed E-state index contributed by atoms with van der Waals surface area (Å²) in [6, 6.07) is 19.7. The summed E-state index contributed by atoms with van der Waals surface area (Å²) in [5.74, 6) is 1.49. The fraction of sp³-hybridized carbons (Fsp3) is 0.0476. The van der Waals surface area contributed by atoms with E-state index in [0.29, 0.717) is 5.02 Å². The second kappa shape index (κ2) is 7.94. The van der Waals surface area contributed by atoms with Gasteiger partial charge in [0.2, 0.25) is 0 Å². The molecule has 29 heavy (non-hydrogen) atoms. The first-order valence-electron chi connectivity index (χ1n) is 8.87. The molecule has 142 valence electrons. The molecule has 0 radical (unpaired) electrons. The molecule has 0 saturated carbocycles. The maximum atomic E-state index is 6.09. The maximum Gasteiger partial charge on any atom is 0.196 e. The quantitative estimate of drug-likeness (QED) is 0.322. The number of benzene rings is 2. The van der Waals surface area contributed by atoms with Gasteiger partial charge in [-0.05, 0) is 48.5 Å². The van der Waals surface area contributed by atoms with Gasteiger partial charge >= 0.3 is 0 Å². The van der Waals surface area contributed by atoms with Crippen LogP contribution in [0.5, 0.6) is 0 Å². The minimum atomic E-state index is 0.691. The Morgan fingerprint density at radius 3 is 2.52 bits per heavy atom. The lowest BCUT2D eigenvalue weighted by molar-refractivity contribution is 0.886. The van der Waals surface area contributed by atoms with Crippen LogP contribution >= 0.6 is 34.7 Å². The Labute approximate surface area is 180 Å². The van der Waals surface area contributed by atoms with Gasteiger partial charge < -0.3 is 0 Å². The highest BCUT2D eigenvalue weighted by molar-refractivity contribution is 7.98. The summed E-state index contributed by atoms with van der Waals surface area (Å²) < 4.78 is 3.24. The number of fused-ring (bicyclic) bond motifs is 1. The van der Waals surface area contributed by atoms with E-state index in [1.807, 2.05) is 59.2 Å². The van der Waals surface area contributed by atoms with Crippen LogP contribution in [-0.2, 0) is 5.75 Å². The van der Waals surface area contributed by atoms with Crippen LogP contribution in [0.1, 0.15) is 5.01 Å². The average Bonchev–Trinajstić information content (AvgIpc) is 3.37. The first-order valence-corrected chi connectivity index (χ1v) is 11.0. The number of halogens is 1. The smallest absolute Gasteiger partial charge is 0.196 e. The molecule has 0 amide bonds. The molecule has 0 atom stereocenters. The third-order valence-electron chi connectivity index (χ3n) is 4.32. The van der Waals surface area contributed by atoms with Crippen molar-refractivity contribution in [1.29, 1.82) is 0 Å². The molecule has 5 aromatic rings. The van der Waals surface area contributed by atoms with Gasteiger partial charge in [0.05, 0.1) is 16.0 Å². The predicted molar refractivity (Wildman–Crippen MR) is 119 cm³/mol. The van der Waals surface area contributed by atoms with E-state index in [0.717, 1.165) is 38.5 Å². The van der Waals surface area contributed by atoms with Gasteiger partial charge in [0.1, 0.15) is 5.01 Å². The molecular formula is C21H14ClN5S2. The number of thiazole rings is 1. The molecule has 3 aromatic heterocycles. The molecule has 0 aliphatic heterocycles. The molecule has 0 N–H and O–H groups in total. The van der Waals surface area contributed by atoms with Crippen LogP contribution in [-0.4, -0.2) is 24.7 Å². The summed E-state index contributed by atoms with van der Waals surface area (Å²) in [6.45, 7) is 0. The van der Waals surface area contributed by atoms with E-state index in [-0.39, 0.29) is 0 Å². The predicted octanol–water partition coefficient (Wildman–Crippen LogP) is 5.88. The first-order chi connectivity index (χ1) is 14.3. The van der Waals surface area contributed by atoms with Gasteiger partial charge in [0, 0.05) is 28.7 Å². The van der Waals surface area contributed by atoms with Gasteiger partial charge in [0.25, 0.3) is 0 Å². The Bertz CT molecular complexity index is 1230. The number of thioether (sulfide) groups is 1. The van der Waals surface area contributed by atoms with Crippen LogP contribution in [0.15, 0.2) is 78.2 Å². The lowest BCUT2D eigenvalue weighted by atomic mass is 10.2. The second-order valence-corrected chi connectivity index (χ2v) is 8.71. The second-order valence-electron chi connectivity index (χ2n) is 6.22. The minimum absolute atomic E-state index is 0.691. The fourth-order valence-electron chi connectivity index (χ4n) is 2.98. The van der Waals surface area contributed by atoms with Gasteiger partial charge in [-0.25, -0.2) is 4.98 Å². The maximum absolute atomic E-state index is 6.09. The van der Waals surface area contributed by atoms with Crippen molar-refractivity contribution in [3.63, 3.8) is 0 Å². The molecule has 0 bridgehead atoms. The van der Waals surface area contributed by atoms with E-state index in [2.05, 4.69) is 21.2 Å². The third kappa shape index (κ3) is 3.76. The number of rotatable bonds is 5. The Balaban J connectivity index is 1.52. The number of hydrogen-bond acceptors (Lipinski definition) is 6. The van der Waals surface area contributed by atoms with Crippen molar-refractivity contribution in [3.05, 3.63) is 83.1 Å². The van der Waals surface area contributed by atoms with Crippen molar-refractivity contribution in [3.8, 4) is 17.1 Å². The summed E-state index contributed by atoms with van der Waals surface area (Å²) in [5, 5.41) is 11.5. The van der Waals surface area contributed by atoms with Crippen LogP contribution in [0.25, 0.3) is 27.3 Å². The van der Waals surface area contributed by atoms with Crippen LogP contribution in [0.4, 0.5) is 0 Å². The normalized spacial score (nSPS) is 11.2. The first kappa shape index (κ1) is 18.3. The highest BCUT2D eigenvalue weighted by atomic mass is 35.5. The molecule has 0 spiro atoms. The summed E-state index contributed by atoms with van der Waals surface area (Å²) in [6.07, 6.45) is 3.51. The standard InChI is InChI=1S/C21H14ClN5S2/c22-15-5-7-16(8-6-15)27-20(14-9-11-23-12-10-14)25-26-21(27)28-13-19-24-17-3-1-2-4-18(17)29-19/h1-12H,13H2. The summed E-state index contributed by atoms with van der Waals surface area (Å²) in [4.78, 5) is 8.82. The van der Waals surface area contributed by atoms with E-state index in [1.165, 1.54) is 4.70 Å². The molecule has 0 saturated heterocycles. The zero-order valence-corrected chi connectivity index (χ0v) is 17.5. The molecular weight excluding hydrogens is 422 g/mol. The average molecular weight is 436 g/mol. The molecule has 2 aromatic carbocycles. The van der Waals surface area contributed by atoms with E-state index >= 15 is 0 Å². The van der Waals surface area contributed by atoms with Crippen molar-refractivity contribution in [1.82, 2.24) is 24.7 Å². The molecule has 0 unspecified atom stereocenters. The summed E-state index contributed by atoms with van der Waals surface area (Å²) >= 11 is 9.42. The number of pyridine rings is 1. The molecule has 5 nitrogen and oxygen atoms in total. The van der Waals surface area contributed by atoms with Crippen molar-refractivity contribution in [2.75, 3.05) is 0 Å². The fourth-order valence-corrected chi connectivity index (χ4v) is 5.02. The Hall–Kier alpha value is -2.74. The van der Waals surface area contributed by atoms with Crippen molar-refractivity contribution >= 4 is 44.9 Å². The number of hydrogen-bond donors (Lipinski definition) is 0. The Morgan fingerprint density at radius 1 is 0.931 bits per heavy atom. The molecule has 8 heteroatoms. The van der Waals surface area contributed by atoms with Gasteiger partial charge in [-0.15, -0.1) is 21.5 Å². The van der Waals surface area contributed by atoms with Crippen LogP contribution < -0.4 is 0 Å². The number of para-hydroxylation sites is 1. The highest BCUT2D eigenvalue weighted by Gasteiger charge is 2.17. The van der Waals surface area contributed by atoms with Crippen molar-refractivity contribution < 1.29 is 0 Å². The molecule has 0 aliphatic carbocycles.